The van der Waals surface area contributed by atoms with Gasteiger partial charge in [-0.2, -0.15) is 0 Å². The van der Waals surface area contributed by atoms with Gasteiger partial charge in [0.05, 0.1) is 4.90 Å². The Morgan fingerprint density at radius 1 is 0.909 bits per heavy atom. The number of amides is 1. The molecule has 3 aromatic carbocycles. The Morgan fingerprint density at radius 3 is 2.24 bits per heavy atom. The van der Waals surface area contributed by atoms with Crippen LogP contribution in [0.3, 0.4) is 0 Å². The predicted octanol–water partition coefficient (Wildman–Crippen LogP) is 4.63. The van der Waals surface area contributed by atoms with Crippen molar-refractivity contribution in [2.45, 2.75) is 38.1 Å². The molecule has 0 bridgehead atoms. The van der Waals surface area contributed by atoms with Crippen LogP contribution in [0.2, 0.25) is 0 Å². The summed E-state index contributed by atoms with van der Waals surface area (Å²) in [5.74, 6) is -0.302. The van der Waals surface area contributed by atoms with Crippen molar-refractivity contribution in [1.82, 2.24) is 5.32 Å². The van der Waals surface area contributed by atoms with Crippen LogP contribution in [0.4, 0.5) is 11.4 Å². The van der Waals surface area contributed by atoms with E-state index in [0.29, 0.717) is 23.4 Å². The Bertz CT molecular complexity index is 1230. The van der Waals surface area contributed by atoms with Crippen LogP contribution in [0.1, 0.15) is 39.9 Å². The van der Waals surface area contributed by atoms with E-state index in [1.54, 1.807) is 25.1 Å². The molecule has 0 aromatic heterocycles. The summed E-state index contributed by atoms with van der Waals surface area (Å²) in [6, 6.07) is 19.9. The minimum Gasteiger partial charge on any atom is -0.372 e. The first-order valence-corrected chi connectivity index (χ1v) is 12.6. The molecule has 1 amide bonds. The molecule has 1 saturated heterocycles. The first-order chi connectivity index (χ1) is 15.8. The predicted molar refractivity (Wildman–Crippen MR) is 132 cm³/mol. The zero-order valence-electron chi connectivity index (χ0n) is 19.0. The molecule has 7 heteroatoms. The van der Waals surface area contributed by atoms with Gasteiger partial charge in [0, 0.05) is 36.6 Å². The van der Waals surface area contributed by atoms with E-state index in [-0.39, 0.29) is 10.8 Å². The van der Waals surface area contributed by atoms with Crippen LogP contribution >= 0.6 is 0 Å². The molecule has 6 nitrogen and oxygen atoms in total. The Labute approximate surface area is 195 Å². The number of nitrogens with one attached hydrogen (secondary N) is 2. The Hall–Kier alpha value is -3.32. The monoisotopic (exact) mass is 463 g/mol. The second kappa shape index (κ2) is 9.67. The summed E-state index contributed by atoms with van der Waals surface area (Å²) in [4.78, 5) is 15.3. The zero-order chi connectivity index (χ0) is 23.4. The molecule has 0 unspecified atom stereocenters. The van der Waals surface area contributed by atoms with Crippen LogP contribution in [0.15, 0.2) is 71.6 Å². The van der Waals surface area contributed by atoms with Crippen molar-refractivity contribution in [2.75, 3.05) is 22.7 Å². The highest BCUT2D eigenvalue weighted by Crippen LogP contribution is 2.22. The van der Waals surface area contributed by atoms with Crippen molar-refractivity contribution in [3.8, 4) is 0 Å². The fourth-order valence-electron chi connectivity index (χ4n) is 3.93. The molecule has 1 heterocycles. The summed E-state index contributed by atoms with van der Waals surface area (Å²) >= 11 is 0. The first-order valence-electron chi connectivity index (χ1n) is 11.1. The molecule has 1 aliphatic heterocycles. The van der Waals surface area contributed by atoms with E-state index < -0.39 is 10.0 Å². The lowest BCUT2D eigenvalue weighted by atomic mass is 10.1. The molecule has 0 spiro atoms. The molecule has 0 saturated carbocycles. The summed E-state index contributed by atoms with van der Waals surface area (Å²) in [6.07, 6.45) is 2.46. The van der Waals surface area contributed by atoms with E-state index >= 15 is 0 Å². The minimum absolute atomic E-state index is 0.0498. The van der Waals surface area contributed by atoms with Crippen LogP contribution in [0.5, 0.6) is 0 Å². The lowest BCUT2D eigenvalue weighted by molar-refractivity contribution is 0.0950. The van der Waals surface area contributed by atoms with Crippen LogP contribution < -0.4 is 14.9 Å². The quantitative estimate of drug-likeness (QED) is 0.535. The van der Waals surface area contributed by atoms with E-state index in [0.717, 1.165) is 24.2 Å². The number of rotatable bonds is 7. The summed E-state index contributed by atoms with van der Waals surface area (Å²) in [6.45, 7) is 6.28. The molecule has 172 valence electrons. The largest absolute Gasteiger partial charge is 0.372 e. The number of aryl methyl sites for hydroxylation is 2. The maximum Gasteiger partial charge on any atom is 0.261 e. The normalized spacial score (nSPS) is 13.7. The number of carbonyl (C=O) groups is 1. The van der Waals surface area contributed by atoms with Gasteiger partial charge in [0.15, 0.2) is 0 Å². The Morgan fingerprint density at radius 2 is 1.58 bits per heavy atom. The van der Waals surface area contributed by atoms with Gasteiger partial charge in [-0.15, -0.1) is 0 Å². The number of sulfonamides is 1. The van der Waals surface area contributed by atoms with Gasteiger partial charge in [0.1, 0.15) is 0 Å². The Kier molecular flexibility index (Phi) is 6.70. The van der Waals surface area contributed by atoms with E-state index in [9.17, 15) is 13.2 Å². The van der Waals surface area contributed by atoms with Gasteiger partial charge in [-0.3, -0.25) is 9.52 Å². The highest BCUT2D eigenvalue weighted by molar-refractivity contribution is 7.92. The summed E-state index contributed by atoms with van der Waals surface area (Å²) < 4.78 is 28.3. The number of nitrogens with zero attached hydrogens (tertiary/aromatic N) is 1. The number of hydrogen-bond acceptors (Lipinski definition) is 4. The first kappa shape index (κ1) is 22.9. The SMILES string of the molecule is Cc1ccc(NS(=O)(=O)c2ccc(C)c(C(=O)NCc3ccc(N4CCCC4)cc3)c2)cc1. The summed E-state index contributed by atoms with van der Waals surface area (Å²) in [7, 11) is -3.81. The molecule has 3 aromatic rings. The van der Waals surface area contributed by atoms with Crippen LogP contribution in [-0.2, 0) is 16.6 Å². The van der Waals surface area contributed by atoms with Crippen molar-refractivity contribution < 1.29 is 13.2 Å². The third-order valence-corrected chi connectivity index (χ3v) is 7.31. The van der Waals surface area contributed by atoms with Gasteiger partial charge in [-0.05, 0) is 74.2 Å². The lowest BCUT2D eigenvalue weighted by Gasteiger charge is -2.17. The van der Waals surface area contributed by atoms with E-state index in [2.05, 4.69) is 27.1 Å². The van der Waals surface area contributed by atoms with Gasteiger partial charge in [-0.25, -0.2) is 8.42 Å². The molecular weight excluding hydrogens is 434 g/mol. The molecule has 2 N–H and O–H groups in total. The molecule has 0 aliphatic carbocycles. The number of benzene rings is 3. The standard InChI is InChI=1S/C26H29N3O3S/c1-19-5-10-22(11-6-19)28-33(31,32)24-14-7-20(2)25(17-24)26(30)27-18-21-8-12-23(13-9-21)29-15-3-4-16-29/h5-14,17,28H,3-4,15-16,18H2,1-2H3,(H,27,30). The molecule has 33 heavy (non-hydrogen) atoms. The van der Waals surface area contributed by atoms with Crippen molar-refractivity contribution in [3.05, 3.63) is 89.0 Å². The van der Waals surface area contributed by atoms with Crippen LogP contribution in [0, 0.1) is 13.8 Å². The maximum absolute atomic E-state index is 12.9. The second-order valence-electron chi connectivity index (χ2n) is 8.49. The number of hydrogen-bond donors (Lipinski definition) is 2. The highest BCUT2D eigenvalue weighted by atomic mass is 32.2. The van der Waals surface area contributed by atoms with Gasteiger partial charge >= 0.3 is 0 Å². The third kappa shape index (κ3) is 5.54. The fraction of sp³-hybridized carbons (Fsp3) is 0.269. The average Bonchev–Trinajstić information content (AvgIpc) is 3.34. The lowest BCUT2D eigenvalue weighted by Crippen LogP contribution is -2.24. The minimum atomic E-state index is -3.81. The highest BCUT2D eigenvalue weighted by Gasteiger charge is 2.18. The van der Waals surface area contributed by atoms with Crippen molar-refractivity contribution in [1.29, 1.82) is 0 Å². The summed E-state index contributed by atoms with van der Waals surface area (Å²) in [5, 5.41) is 2.91. The summed E-state index contributed by atoms with van der Waals surface area (Å²) in [5.41, 5.74) is 4.77. The molecular formula is C26H29N3O3S. The van der Waals surface area contributed by atoms with Gasteiger partial charge in [0.2, 0.25) is 0 Å². The second-order valence-corrected chi connectivity index (χ2v) is 10.2. The van der Waals surface area contributed by atoms with E-state index in [1.165, 1.54) is 30.7 Å². The van der Waals surface area contributed by atoms with Gasteiger partial charge in [-0.1, -0.05) is 35.9 Å². The smallest absolute Gasteiger partial charge is 0.261 e. The zero-order valence-corrected chi connectivity index (χ0v) is 19.8. The van der Waals surface area contributed by atoms with E-state index in [4.69, 9.17) is 0 Å². The van der Waals surface area contributed by atoms with Crippen molar-refractivity contribution >= 4 is 27.3 Å². The topological polar surface area (TPSA) is 78.5 Å². The third-order valence-electron chi connectivity index (χ3n) is 5.93. The molecule has 0 radical (unpaired) electrons. The maximum atomic E-state index is 12.9. The van der Waals surface area contributed by atoms with Crippen molar-refractivity contribution in [3.63, 3.8) is 0 Å². The van der Waals surface area contributed by atoms with Gasteiger partial charge < -0.3 is 10.2 Å². The molecule has 0 atom stereocenters. The molecule has 1 fully saturated rings. The van der Waals surface area contributed by atoms with Crippen LogP contribution in [-0.4, -0.2) is 27.4 Å². The Balaban J connectivity index is 1.44. The van der Waals surface area contributed by atoms with E-state index in [1.807, 2.05) is 31.2 Å². The molecule has 4 rings (SSSR count). The van der Waals surface area contributed by atoms with Crippen LogP contribution in [0.25, 0.3) is 0 Å². The van der Waals surface area contributed by atoms with Gasteiger partial charge in [0.25, 0.3) is 15.9 Å². The molecule has 1 aliphatic rings. The number of anilines is 2. The average molecular weight is 464 g/mol. The number of carbonyl (C=O) groups excluding carboxylic acids is 1. The fourth-order valence-corrected chi connectivity index (χ4v) is 5.01. The van der Waals surface area contributed by atoms with Crippen molar-refractivity contribution in [2.24, 2.45) is 0 Å².